The molecule has 0 aliphatic carbocycles. The third kappa shape index (κ3) is 5.18. The topological polar surface area (TPSA) is 77.0 Å². The third-order valence-corrected chi connectivity index (χ3v) is 2.29. The monoisotopic (exact) mass is 288 g/mol. The highest BCUT2D eigenvalue weighted by Crippen LogP contribution is 2.24. The number of aldehydes is 1. The van der Waals surface area contributed by atoms with Gasteiger partial charge in [-0.25, -0.2) is 9.97 Å². The van der Waals surface area contributed by atoms with Crippen molar-refractivity contribution in [3.63, 3.8) is 0 Å². The van der Waals surface area contributed by atoms with Crippen molar-refractivity contribution in [1.82, 2.24) is 15.0 Å². The molecule has 0 spiro atoms. The van der Waals surface area contributed by atoms with E-state index in [9.17, 15) is 0 Å². The molecule has 0 unspecified atom stereocenters. The second-order valence-electron chi connectivity index (χ2n) is 4.36. The summed E-state index contributed by atoms with van der Waals surface area (Å²) < 4.78 is 5.23. The van der Waals surface area contributed by atoms with Crippen LogP contribution in [0.25, 0.3) is 11.5 Å². The van der Waals surface area contributed by atoms with E-state index in [1.54, 1.807) is 19.5 Å². The predicted molar refractivity (Wildman–Crippen MR) is 82.3 cm³/mol. The van der Waals surface area contributed by atoms with Gasteiger partial charge in [-0.2, -0.15) is 0 Å². The SMILES string of the molecule is CC=O.COc1cnc(-c2ccccn2)nc1NC(C)C. The van der Waals surface area contributed by atoms with Crippen LogP contribution in [0.1, 0.15) is 20.8 Å². The summed E-state index contributed by atoms with van der Waals surface area (Å²) in [6, 6.07) is 5.91. The summed E-state index contributed by atoms with van der Waals surface area (Å²) in [7, 11) is 1.60. The normalized spacial score (nSPS) is 9.57. The molecule has 1 N–H and O–H groups in total. The lowest BCUT2D eigenvalue weighted by Crippen LogP contribution is -2.13. The summed E-state index contributed by atoms with van der Waals surface area (Å²) >= 11 is 0. The largest absolute Gasteiger partial charge is 0.491 e. The van der Waals surface area contributed by atoms with Gasteiger partial charge in [0.1, 0.15) is 12.0 Å². The fourth-order valence-electron chi connectivity index (χ4n) is 1.52. The van der Waals surface area contributed by atoms with Gasteiger partial charge >= 0.3 is 0 Å². The molecule has 0 saturated heterocycles. The zero-order chi connectivity index (χ0) is 15.7. The predicted octanol–water partition coefficient (Wildman–Crippen LogP) is 2.57. The zero-order valence-corrected chi connectivity index (χ0v) is 12.7. The third-order valence-electron chi connectivity index (χ3n) is 2.29. The first kappa shape index (κ1) is 16.6. The number of carbonyl (C=O) groups excluding carboxylic acids is 1. The highest BCUT2D eigenvalue weighted by Gasteiger charge is 2.10. The lowest BCUT2D eigenvalue weighted by molar-refractivity contribution is -0.106. The molecule has 0 atom stereocenters. The maximum Gasteiger partial charge on any atom is 0.180 e. The number of ether oxygens (including phenoxy) is 1. The van der Waals surface area contributed by atoms with Gasteiger partial charge in [0.25, 0.3) is 0 Å². The lowest BCUT2D eigenvalue weighted by Gasteiger charge is -2.13. The van der Waals surface area contributed by atoms with Crippen LogP contribution in [-0.2, 0) is 4.79 Å². The number of nitrogens with one attached hydrogen (secondary N) is 1. The van der Waals surface area contributed by atoms with Crippen molar-refractivity contribution in [3.8, 4) is 17.3 Å². The Balaban J connectivity index is 0.000000677. The van der Waals surface area contributed by atoms with Crippen molar-refractivity contribution in [1.29, 1.82) is 0 Å². The van der Waals surface area contributed by atoms with Crippen molar-refractivity contribution in [3.05, 3.63) is 30.6 Å². The van der Waals surface area contributed by atoms with Crippen LogP contribution in [-0.4, -0.2) is 34.4 Å². The number of aromatic nitrogens is 3. The average molecular weight is 288 g/mol. The molecule has 0 amide bonds. The first-order valence-electron chi connectivity index (χ1n) is 6.61. The Morgan fingerprint density at radius 3 is 2.52 bits per heavy atom. The summed E-state index contributed by atoms with van der Waals surface area (Å²) in [5, 5.41) is 3.23. The summed E-state index contributed by atoms with van der Waals surface area (Å²) in [5.41, 5.74) is 0.743. The molecule has 6 nitrogen and oxygen atoms in total. The molecule has 0 aromatic carbocycles. The molecule has 2 rings (SSSR count). The molecular formula is C15H20N4O2. The molecule has 0 fully saturated rings. The zero-order valence-electron chi connectivity index (χ0n) is 12.7. The number of pyridine rings is 1. The number of hydrogen-bond donors (Lipinski definition) is 1. The quantitative estimate of drug-likeness (QED) is 0.871. The van der Waals surface area contributed by atoms with Crippen LogP contribution in [0.4, 0.5) is 5.82 Å². The second-order valence-corrected chi connectivity index (χ2v) is 4.36. The minimum Gasteiger partial charge on any atom is -0.491 e. The van der Waals surface area contributed by atoms with E-state index in [1.807, 2.05) is 32.0 Å². The van der Waals surface area contributed by atoms with E-state index in [2.05, 4.69) is 20.3 Å². The minimum absolute atomic E-state index is 0.269. The molecular weight excluding hydrogens is 268 g/mol. The van der Waals surface area contributed by atoms with E-state index in [-0.39, 0.29) is 6.04 Å². The molecule has 6 heteroatoms. The van der Waals surface area contributed by atoms with Gasteiger partial charge in [0.15, 0.2) is 17.4 Å². The van der Waals surface area contributed by atoms with E-state index in [0.717, 1.165) is 12.0 Å². The van der Waals surface area contributed by atoms with Gasteiger partial charge in [0.2, 0.25) is 0 Å². The molecule has 2 aromatic heterocycles. The minimum atomic E-state index is 0.269. The van der Waals surface area contributed by atoms with Crippen LogP contribution in [0, 0.1) is 0 Å². The second kappa shape index (κ2) is 8.63. The standard InChI is InChI=1S/C13H16N4O.C2H4O/c1-9(2)16-13-11(18-3)8-15-12(17-13)10-6-4-5-7-14-10;1-2-3/h4-9H,1-3H3,(H,15,16,17);2H,1H3. The Kier molecular flexibility index (Phi) is 6.80. The Morgan fingerprint density at radius 2 is 2.00 bits per heavy atom. The van der Waals surface area contributed by atoms with Gasteiger partial charge in [-0.3, -0.25) is 4.98 Å². The molecule has 0 aliphatic heterocycles. The number of methoxy groups -OCH3 is 1. The first-order valence-corrected chi connectivity index (χ1v) is 6.61. The smallest absolute Gasteiger partial charge is 0.180 e. The van der Waals surface area contributed by atoms with Gasteiger partial charge in [-0.05, 0) is 32.9 Å². The number of hydrogen-bond acceptors (Lipinski definition) is 6. The molecule has 0 bridgehead atoms. The highest BCUT2D eigenvalue weighted by molar-refractivity contribution is 5.57. The Morgan fingerprint density at radius 1 is 1.29 bits per heavy atom. The number of nitrogens with zero attached hydrogens (tertiary/aromatic N) is 3. The van der Waals surface area contributed by atoms with Crippen molar-refractivity contribution in [2.24, 2.45) is 0 Å². The summed E-state index contributed by atoms with van der Waals surface area (Å²) in [6.07, 6.45) is 4.13. The molecule has 0 saturated carbocycles. The molecule has 2 aromatic rings. The number of rotatable bonds is 4. The van der Waals surface area contributed by atoms with Crippen LogP contribution < -0.4 is 10.1 Å². The van der Waals surface area contributed by atoms with E-state index in [1.165, 1.54) is 6.92 Å². The van der Waals surface area contributed by atoms with E-state index >= 15 is 0 Å². The molecule has 112 valence electrons. The van der Waals surface area contributed by atoms with Crippen LogP contribution >= 0.6 is 0 Å². The fraction of sp³-hybridized carbons (Fsp3) is 0.333. The van der Waals surface area contributed by atoms with E-state index in [4.69, 9.17) is 9.53 Å². The van der Waals surface area contributed by atoms with Crippen molar-refractivity contribution >= 4 is 12.1 Å². The number of carbonyl (C=O) groups is 1. The summed E-state index contributed by atoms with van der Waals surface area (Å²) in [6.45, 7) is 5.53. The van der Waals surface area contributed by atoms with Gasteiger partial charge in [0, 0.05) is 12.2 Å². The lowest BCUT2D eigenvalue weighted by atomic mass is 10.3. The highest BCUT2D eigenvalue weighted by atomic mass is 16.5. The fourth-order valence-corrected chi connectivity index (χ4v) is 1.52. The van der Waals surface area contributed by atoms with Crippen LogP contribution in [0.3, 0.4) is 0 Å². The Bertz CT molecular complexity index is 559. The van der Waals surface area contributed by atoms with Crippen LogP contribution in [0.15, 0.2) is 30.6 Å². The molecule has 0 radical (unpaired) electrons. The average Bonchev–Trinajstić information content (AvgIpc) is 2.48. The Hall–Kier alpha value is -2.50. The molecule has 2 heterocycles. The van der Waals surface area contributed by atoms with Crippen molar-refractivity contribution in [2.45, 2.75) is 26.8 Å². The molecule has 21 heavy (non-hydrogen) atoms. The maximum atomic E-state index is 8.81. The van der Waals surface area contributed by atoms with Gasteiger partial charge < -0.3 is 14.8 Å². The van der Waals surface area contributed by atoms with Crippen molar-refractivity contribution < 1.29 is 9.53 Å². The van der Waals surface area contributed by atoms with Crippen LogP contribution in [0.2, 0.25) is 0 Å². The van der Waals surface area contributed by atoms with E-state index in [0.29, 0.717) is 17.4 Å². The first-order chi connectivity index (χ1) is 10.1. The summed E-state index contributed by atoms with van der Waals surface area (Å²) in [4.78, 5) is 21.7. The Labute approximate surface area is 124 Å². The van der Waals surface area contributed by atoms with Crippen LogP contribution in [0.5, 0.6) is 5.75 Å². The van der Waals surface area contributed by atoms with Gasteiger partial charge in [-0.1, -0.05) is 6.07 Å². The summed E-state index contributed by atoms with van der Waals surface area (Å²) in [5.74, 6) is 1.89. The van der Waals surface area contributed by atoms with Gasteiger partial charge in [0.05, 0.1) is 13.3 Å². The van der Waals surface area contributed by atoms with Crippen molar-refractivity contribution in [2.75, 3.05) is 12.4 Å². The maximum absolute atomic E-state index is 8.81. The van der Waals surface area contributed by atoms with E-state index < -0.39 is 0 Å². The van der Waals surface area contributed by atoms with Gasteiger partial charge in [-0.15, -0.1) is 0 Å². The number of anilines is 1. The molecule has 0 aliphatic rings.